The van der Waals surface area contributed by atoms with Crippen molar-refractivity contribution >= 4 is 5.91 Å². The molecule has 23 heavy (non-hydrogen) atoms. The second-order valence-electron chi connectivity index (χ2n) is 6.98. The third-order valence-electron chi connectivity index (χ3n) is 5.22. The number of morpholine rings is 1. The standard InChI is InChI=1S/C17H26N4O2/c22-17(11-14-1-2-14)20-4-3-16-18-12-15(21(16)6-5-20)13-19-7-9-23-10-8-19/h12,14H,1-11,13H2. The number of imidazole rings is 1. The molecular weight excluding hydrogens is 292 g/mol. The Bertz CT molecular complexity index is 561. The van der Waals surface area contributed by atoms with Crippen molar-refractivity contribution in [1.82, 2.24) is 19.4 Å². The first-order chi connectivity index (χ1) is 11.3. The fraction of sp³-hybridized carbons (Fsp3) is 0.765. The maximum atomic E-state index is 12.4. The monoisotopic (exact) mass is 318 g/mol. The number of hydrogen-bond acceptors (Lipinski definition) is 4. The van der Waals surface area contributed by atoms with Gasteiger partial charge in [-0.2, -0.15) is 0 Å². The molecule has 1 amide bonds. The van der Waals surface area contributed by atoms with E-state index in [1.165, 1.54) is 18.5 Å². The maximum absolute atomic E-state index is 12.4. The van der Waals surface area contributed by atoms with E-state index in [2.05, 4.69) is 14.5 Å². The lowest BCUT2D eigenvalue weighted by molar-refractivity contribution is -0.131. The molecule has 126 valence electrons. The molecule has 0 radical (unpaired) electrons. The second-order valence-corrected chi connectivity index (χ2v) is 6.98. The third kappa shape index (κ3) is 3.58. The molecule has 3 heterocycles. The Balaban J connectivity index is 1.39. The van der Waals surface area contributed by atoms with Crippen LogP contribution in [0.5, 0.6) is 0 Å². The van der Waals surface area contributed by atoms with E-state index >= 15 is 0 Å². The van der Waals surface area contributed by atoms with E-state index < -0.39 is 0 Å². The van der Waals surface area contributed by atoms with Gasteiger partial charge in [-0.25, -0.2) is 4.98 Å². The van der Waals surface area contributed by atoms with Crippen molar-refractivity contribution in [2.24, 2.45) is 5.92 Å². The largest absolute Gasteiger partial charge is 0.379 e. The summed E-state index contributed by atoms with van der Waals surface area (Å²) in [6.45, 7) is 7.09. The Morgan fingerprint density at radius 1 is 1.17 bits per heavy atom. The number of aromatic nitrogens is 2. The van der Waals surface area contributed by atoms with Crippen LogP contribution in [0.4, 0.5) is 0 Å². The molecule has 1 saturated heterocycles. The van der Waals surface area contributed by atoms with Crippen LogP contribution in [0.3, 0.4) is 0 Å². The lowest BCUT2D eigenvalue weighted by Crippen LogP contribution is -2.36. The zero-order chi connectivity index (χ0) is 15.6. The highest BCUT2D eigenvalue weighted by molar-refractivity contribution is 5.76. The molecule has 1 aromatic heterocycles. The molecule has 0 bridgehead atoms. The molecular formula is C17H26N4O2. The second kappa shape index (κ2) is 6.61. The molecule has 0 atom stereocenters. The summed E-state index contributed by atoms with van der Waals surface area (Å²) in [4.78, 5) is 21.4. The molecule has 2 aliphatic heterocycles. The molecule has 0 N–H and O–H groups in total. The lowest BCUT2D eigenvalue weighted by atomic mass is 10.2. The van der Waals surface area contributed by atoms with E-state index in [0.29, 0.717) is 11.8 Å². The Kier molecular flexibility index (Phi) is 4.35. The van der Waals surface area contributed by atoms with Gasteiger partial charge in [-0.1, -0.05) is 0 Å². The molecule has 0 spiro atoms. The number of carbonyl (C=O) groups is 1. The smallest absolute Gasteiger partial charge is 0.222 e. The molecule has 3 aliphatic rings. The Morgan fingerprint density at radius 2 is 2.00 bits per heavy atom. The summed E-state index contributed by atoms with van der Waals surface area (Å²) in [5, 5.41) is 0. The highest BCUT2D eigenvalue weighted by Crippen LogP contribution is 2.33. The average molecular weight is 318 g/mol. The molecule has 2 fully saturated rings. The summed E-state index contributed by atoms with van der Waals surface area (Å²) < 4.78 is 7.75. The van der Waals surface area contributed by atoms with Gasteiger partial charge in [-0.3, -0.25) is 9.69 Å². The van der Waals surface area contributed by atoms with Crippen LogP contribution in [0.1, 0.15) is 30.8 Å². The number of nitrogens with zero attached hydrogens (tertiary/aromatic N) is 4. The highest BCUT2D eigenvalue weighted by Gasteiger charge is 2.28. The van der Waals surface area contributed by atoms with Gasteiger partial charge in [0.15, 0.2) is 0 Å². The Morgan fingerprint density at radius 3 is 2.78 bits per heavy atom. The van der Waals surface area contributed by atoms with Gasteiger partial charge in [0.25, 0.3) is 0 Å². The van der Waals surface area contributed by atoms with Gasteiger partial charge in [-0.15, -0.1) is 0 Å². The van der Waals surface area contributed by atoms with Crippen LogP contribution in [0.2, 0.25) is 0 Å². The number of rotatable bonds is 4. The van der Waals surface area contributed by atoms with Crippen molar-refractivity contribution in [3.8, 4) is 0 Å². The number of hydrogen-bond donors (Lipinski definition) is 0. The number of ether oxygens (including phenoxy) is 1. The molecule has 6 heteroatoms. The van der Waals surface area contributed by atoms with Crippen LogP contribution < -0.4 is 0 Å². The van der Waals surface area contributed by atoms with Gasteiger partial charge in [0.2, 0.25) is 5.91 Å². The maximum Gasteiger partial charge on any atom is 0.222 e. The minimum Gasteiger partial charge on any atom is -0.379 e. The van der Waals surface area contributed by atoms with Crippen LogP contribution in [0.25, 0.3) is 0 Å². The first kappa shape index (κ1) is 15.1. The van der Waals surface area contributed by atoms with E-state index in [4.69, 9.17) is 4.74 Å². The van der Waals surface area contributed by atoms with Gasteiger partial charge < -0.3 is 14.2 Å². The fourth-order valence-corrected chi connectivity index (χ4v) is 3.56. The lowest BCUT2D eigenvalue weighted by Gasteiger charge is -2.27. The highest BCUT2D eigenvalue weighted by atomic mass is 16.5. The van der Waals surface area contributed by atoms with Gasteiger partial charge in [0.1, 0.15) is 5.82 Å². The van der Waals surface area contributed by atoms with E-state index in [9.17, 15) is 4.79 Å². The van der Waals surface area contributed by atoms with Crippen LogP contribution in [0.15, 0.2) is 6.20 Å². The Labute approximate surface area is 137 Å². The first-order valence-corrected chi connectivity index (χ1v) is 8.91. The predicted molar refractivity (Wildman–Crippen MR) is 85.9 cm³/mol. The van der Waals surface area contributed by atoms with Crippen LogP contribution in [-0.4, -0.2) is 64.7 Å². The minimum atomic E-state index is 0.341. The normalized spacial score (nSPS) is 22.7. The van der Waals surface area contributed by atoms with Crippen molar-refractivity contribution in [2.45, 2.75) is 38.8 Å². The first-order valence-electron chi connectivity index (χ1n) is 8.91. The third-order valence-corrected chi connectivity index (χ3v) is 5.22. The van der Waals surface area contributed by atoms with E-state index in [1.807, 2.05) is 11.1 Å². The van der Waals surface area contributed by atoms with Crippen LogP contribution in [-0.2, 0) is 29.0 Å². The number of fused-ring (bicyclic) bond motifs is 1. The van der Waals surface area contributed by atoms with E-state index in [0.717, 1.165) is 71.1 Å². The van der Waals surface area contributed by atoms with Crippen molar-refractivity contribution in [1.29, 1.82) is 0 Å². The van der Waals surface area contributed by atoms with Gasteiger partial charge in [0.05, 0.1) is 18.9 Å². The van der Waals surface area contributed by atoms with Crippen molar-refractivity contribution in [2.75, 3.05) is 39.4 Å². The van der Waals surface area contributed by atoms with Gasteiger partial charge in [0, 0.05) is 58.3 Å². The predicted octanol–water partition coefficient (Wildman–Crippen LogP) is 0.900. The zero-order valence-corrected chi connectivity index (χ0v) is 13.7. The summed E-state index contributed by atoms with van der Waals surface area (Å²) in [5.74, 6) is 2.14. The molecule has 1 aliphatic carbocycles. The zero-order valence-electron chi connectivity index (χ0n) is 13.7. The summed E-state index contributed by atoms with van der Waals surface area (Å²) >= 11 is 0. The molecule has 6 nitrogen and oxygen atoms in total. The minimum absolute atomic E-state index is 0.341. The van der Waals surface area contributed by atoms with Crippen LogP contribution >= 0.6 is 0 Å². The molecule has 1 saturated carbocycles. The average Bonchev–Trinajstić information content (AvgIpc) is 3.34. The van der Waals surface area contributed by atoms with E-state index in [1.54, 1.807) is 0 Å². The molecule has 4 rings (SSSR count). The van der Waals surface area contributed by atoms with Crippen LogP contribution in [0, 0.1) is 5.92 Å². The molecule has 0 aromatic carbocycles. The summed E-state index contributed by atoms with van der Waals surface area (Å²) in [7, 11) is 0. The van der Waals surface area contributed by atoms with Gasteiger partial charge >= 0.3 is 0 Å². The Hall–Kier alpha value is -1.40. The summed E-state index contributed by atoms with van der Waals surface area (Å²) in [6.07, 6.45) is 6.13. The number of carbonyl (C=O) groups excluding carboxylic acids is 1. The van der Waals surface area contributed by atoms with Crippen molar-refractivity contribution in [3.05, 3.63) is 17.7 Å². The van der Waals surface area contributed by atoms with E-state index in [-0.39, 0.29) is 0 Å². The topological polar surface area (TPSA) is 50.6 Å². The number of amides is 1. The quantitative estimate of drug-likeness (QED) is 0.828. The van der Waals surface area contributed by atoms with Crippen molar-refractivity contribution in [3.63, 3.8) is 0 Å². The fourth-order valence-electron chi connectivity index (χ4n) is 3.56. The summed E-state index contributed by atoms with van der Waals surface area (Å²) in [5.41, 5.74) is 1.28. The van der Waals surface area contributed by atoms with Gasteiger partial charge in [-0.05, 0) is 18.8 Å². The molecule has 1 aromatic rings. The SMILES string of the molecule is O=C(CC1CC1)N1CCc2ncc(CN3CCOCC3)n2CC1. The van der Waals surface area contributed by atoms with Crippen molar-refractivity contribution < 1.29 is 9.53 Å². The summed E-state index contributed by atoms with van der Waals surface area (Å²) in [6, 6.07) is 0. The molecule has 0 unspecified atom stereocenters.